The molecule has 0 aliphatic carbocycles. The van der Waals surface area contributed by atoms with Gasteiger partial charge in [0.05, 0.1) is 0 Å². The van der Waals surface area contributed by atoms with Crippen LogP contribution >= 0.6 is 0 Å². The zero-order chi connectivity index (χ0) is 13.6. The van der Waals surface area contributed by atoms with Crippen molar-refractivity contribution in [3.8, 4) is 0 Å². The summed E-state index contributed by atoms with van der Waals surface area (Å²) in [5, 5.41) is 10.4. The molecule has 1 N–H and O–H groups in total. The average molecular weight is 362 g/mol. The Kier molecular flexibility index (Phi) is 6.21. The van der Waals surface area contributed by atoms with E-state index in [0.717, 1.165) is 3.62 Å². The van der Waals surface area contributed by atoms with Gasteiger partial charge in [-0.2, -0.15) is 0 Å². The van der Waals surface area contributed by atoms with Crippen LogP contribution in [0.5, 0.6) is 0 Å². The van der Waals surface area contributed by atoms with Crippen molar-refractivity contribution in [3.63, 3.8) is 0 Å². The van der Waals surface area contributed by atoms with Gasteiger partial charge < -0.3 is 0 Å². The Labute approximate surface area is 120 Å². The third-order valence-corrected chi connectivity index (χ3v) is 5.47. The van der Waals surface area contributed by atoms with Crippen LogP contribution in [0.1, 0.15) is 27.7 Å². The van der Waals surface area contributed by atoms with E-state index in [1.165, 1.54) is 3.61 Å². The zero-order valence-corrected chi connectivity index (χ0v) is 13.8. The molecule has 18 heavy (non-hydrogen) atoms. The molecule has 0 bridgehead atoms. The van der Waals surface area contributed by atoms with E-state index in [9.17, 15) is 5.11 Å². The Bertz CT molecular complexity index is 379. The summed E-state index contributed by atoms with van der Waals surface area (Å²) in [6.07, 6.45) is 1.33. The van der Waals surface area contributed by atoms with Gasteiger partial charge >= 0.3 is 120 Å². The van der Waals surface area contributed by atoms with Crippen LogP contribution in [0, 0.1) is 5.41 Å². The molecule has 1 rings (SSSR count). The summed E-state index contributed by atoms with van der Waals surface area (Å²) in [7, 11) is 0. The van der Waals surface area contributed by atoms with Crippen molar-refractivity contribution in [2.75, 3.05) is 6.61 Å². The standard InChI is InChI=1S/C15H22O2Te/c1-5-17-11-13(14(16)15(2,3)4)18-12-9-7-6-8-10-12/h6-11,14,16H,5H2,1-4H3/b13-11-. The average Bonchev–Trinajstić information content (AvgIpc) is 2.33. The van der Waals surface area contributed by atoms with Crippen molar-refractivity contribution >= 4 is 24.5 Å². The van der Waals surface area contributed by atoms with Crippen molar-refractivity contribution in [1.29, 1.82) is 0 Å². The van der Waals surface area contributed by atoms with E-state index >= 15 is 0 Å². The van der Waals surface area contributed by atoms with Crippen molar-refractivity contribution < 1.29 is 9.84 Å². The molecule has 0 fully saturated rings. The topological polar surface area (TPSA) is 29.5 Å². The van der Waals surface area contributed by atoms with E-state index in [-0.39, 0.29) is 5.41 Å². The van der Waals surface area contributed by atoms with Gasteiger partial charge in [-0.05, 0) is 0 Å². The Hall–Kier alpha value is -0.490. The van der Waals surface area contributed by atoms with Crippen LogP contribution in [0.15, 0.2) is 40.2 Å². The molecule has 0 aliphatic rings. The van der Waals surface area contributed by atoms with Crippen LogP contribution in [0.3, 0.4) is 0 Å². The van der Waals surface area contributed by atoms with E-state index in [2.05, 4.69) is 32.9 Å². The van der Waals surface area contributed by atoms with Gasteiger partial charge in [-0.3, -0.25) is 0 Å². The van der Waals surface area contributed by atoms with Crippen LogP contribution in [0.4, 0.5) is 0 Å². The first-order chi connectivity index (χ1) is 8.45. The minimum atomic E-state index is -0.571. The van der Waals surface area contributed by atoms with Gasteiger partial charge in [0.1, 0.15) is 0 Å². The maximum atomic E-state index is 10.4. The molecule has 0 aliphatic heterocycles. The zero-order valence-electron chi connectivity index (χ0n) is 11.5. The first kappa shape index (κ1) is 15.6. The molecule has 0 saturated heterocycles. The molecule has 0 radical (unpaired) electrons. The fraction of sp³-hybridized carbons (Fsp3) is 0.467. The quantitative estimate of drug-likeness (QED) is 0.644. The van der Waals surface area contributed by atoms with Crippen LogP contribution in [0.25, 0.3) is 0 Å². The number of aliphatic hydroxyl groups is 1. The molecule has 0 heterocycles. The molecule has 2 nitrogen and oxygen atoms in total. The molecule has 0 aromatic heterocycles. The van der Waals surface area contributed by atoms with Gasteiger partial charge in [0.15, 0.2) is 0 Å². The summed E-state index contributed by atoms with van der Waals surface area (Å²) in [5.41, 5.74) is -0.150. The SMILES string of the molecule is CCO/C=C(\[Te]c1ccccc1)C(O)C(C)(C)C. The van der Waals surface area contributed by atoms with Crippen molar-refractivity contribution in [2.45, 2.75) is 33.8 Å². The molecular formula is C15H22O2Te. The van der Waals surface area contributed by atoms with E-state index in [1.807, 2.05) is 25.1 Å². The van der Waals surface area contributed by atoms with Gasteiger partial charge in [0, 0.05) is 0 Å². The number of rotatable bonds is 5. The normalized spacial score (nSPS) is 14.4. The van der Waals surface area contributed by atoms with Gasteiger partial charge in [-0.15, -0.1) is 0 Å². The fourth-order valence-electron chi connectivity index (χ4n) is 1.36. The number of aliphatic hydroxyl groups excluding tert-OH is 1. The summed E-state index contributed by atoms with van der Waals surface area (Å²) in [6.45, 7) is 8.75. The third-order valence-electron chi connectivity index (χ3n) is 2.43. The molecule has 3 heteroatoms. The summed E-state index contributed by atoms with van der Waals surface area (Å²) >= 11 is -0.571. The van der Waals surface area contributed by atoms with Gasteiger partial charge in [0.25, 0.3) is 0 Å². The van der Waals surface area contributed by atoms with E-state index in [1.54, 1.807) is 6.26 Å². The fourth-order valence-corrected chi connectivity index (χ4v) is 4.63. The second-order valence-corrected chi connectivity index (χ2v) is 8.43. The molecule has 0 amide bonds. The van der Waals surface area contributed by atoms with Crippen molar-refractivity contribution in [3.05, 3.63) is 40.2 Å². The van der Waals surface area contributed by atoms with Crippen LogP contribution in [-0.2, 0) is 4.74 Å². The predicted octanol–water partition coefficient (Wildman–Crippen LogP) is 2.30. The molecular weight excluding hydrogens is 340 g/mol. The minimum absolute atomic E-state index is 0.150. The van der Waals surface area contributed by atoms with Crippen molar-refractivity contribution in [1.82, 2.24) is 0 Å². The van der Waals surface area contributed by atoms with Gasteiger partial charge in [-0.25, -0.2) is 0 Å². The molecule has 1 atom stereocenters. The van der Waals surface area contributed by atoms with E-state index in [0.29, 0.717) is 6.61 Å². The van der Waals surface area contributed by atoms with Crippen LogP contribution in [0.2, 0.25) is 0 Å². The Morgan fingerprint density at radius 2 is 1.94 bits per heavy atom. The second kappa shape index (κ2) is 7.19. The molecule has 1 unspecified atom stereocenters. The maximum absolute atomic E-state index is 10.4. The van der Waals surface area contributed by atoms with Crippen LogP contribution in [-0.4, -0.2) is 38.7 Å². The second-order valence-electron chi connectivity index (χ2n) is 5.16. The summed E-state index contributed by atoms with van der Waals surface area (Å²) < 4.78 is 7.77. The summed E-state index contributed by atoms with van der Waals surface area (Å²) in [6, 6.07) is 10.3. The monoisotopic (exact) mass is 364 g/mol. The predicted molar refractivity (Wildman–Crippen MR) is 77.0 cm³/mol. The first-order valence-electron chi connectivity index (χ1n) is 6.17. The molecule has 0 spiro atoms. The summed E-state index contributed by atoms with van der Waals surface area (Å²) in [5.74, 6) is 0. The Morgan fingerprint density at radius 3 is 2.44 bits per heavy atom. The van der Waals surface area contributed by atoms with Gasteiger partial charge in [-0.1, -0.05) is 0 Å². The van der Waals surface area contributed by atoms with Crippen LogP contribution < -0.4 is 3.61 Å². The van der Waals surface area contributed by atoms with Gasteiger partial charge in [0.2, 0.25) is 0 Å². The molecule has 1 aromatic carbocycles. The van der Waals surface area contributed by atoms with Crippen molar-refractivity contribution in [2.24, 2.45) is 5.41 Å². The first-order valence-corrected chi connectivity index (χ1v) is 8.51. The number of benzene rings is 1. The van der Waals surface area contributed by atoms with E-state index < -0.39 is 27.0 Å². The number of ether oxygens (including phenoxy) is 1. The summed E-state index contributed by atoms with van der Waals surface area (Å²) in [4.78, 5) is 0. The van der Waals surface area contributed by atoms with E-state index in [4.69, 9.17) is 4.74 Å². The third kappa shape index (κ3) is 5.02. The Morgan fingerprint density at radius 1 is 1.33 bits per heavy atom. The molecule has 1 aromatic rings. The molecule has 100 valence electrons. The number of hydrogen-bond donors (Lipinski definition) is 1. The number of hydrogen-bond acceptors (Lipinski definition) is 2. The molecule has 0 saturated carbocycles. The Balaban J connectivity index is 2.86.